The van der Waals surface area contributed by atoms with Gasteiger partial charge in [-0.25, -0.2) is 0 Å². The van der Waals surface area contributed by atoms with E-state index in [1.54, 1.807) is 14.2 Å². The number of ether oxygens (including phenoxy) is 2. The van der Waals surface area contributed by atoms with E-state index in [2.05, 4.69) is 0 Å². The minimum absolute atomic E-state index is 0.108. The quantitative estimate of drug-likeness (QED) is 0.796. The summed E-state index contributed by atoms with van der Waals surface area (Å²) in [5.74, 6) is 0. The highest BCUT2D eigenvalue weighted by Gasteiger charge is 2.19. The summed E-state index contributed by atoms with van der Waals surface area (Å²) in [7, 11) is 3.42. The summed E-state index contributed by atoms with van der Waals surface area (Å²) in [6.07, 6.45) is 8.45. The SMILES string of the molecule is CO[C@@H]1CCC[C@@H](O)C1.CO[C@H]1CCC[C@H](O)C1. The van der Waals surface area contributed by atoms with E-state index in [4.69, 9.17) is 19.7 Å². The fourth-order valence-corrected chi connectivity index (χ4v) is 2.67. The van der Waals surface area contributed by atoms with Crippen LogP contribution < -0.4 is 0 Å². The molecule has 0 aromatic rings. The van der Waals surface area contributed by atoms with Gasteiger partial charge in [0.05, 0.1) is 24.4 Å². The first-order valence-electron chi connectivity index (χ1n) is 7.07. The van der Waals surface area contributed by atoms with Crippen LogP contribution in [-0.4, -0.2) is 48.8 Å². The van der Waals surface area contributed by atoms with E-state index >= 15 is 0 Å². The monoisotopic (exact) mass is 260 g/mol. The predicted octanol–water partition coefficient (Wildman–Crippen LogP) is 1.87. The van der Waals surface area contributed by atoms with E-state index in [0.29, 0.717) is 12.2 Å². The van der Waals surface area contributed by atoms with Crippen molar-refractivity contribution >= 4 is 0 Å². The molecule has 2 aliphatic rings. The van der Waals surface area contributed by atoms with Crippen LogP contribution in [0.25, 0.3) is 0 Å². The van der Waals surface area contributed by atoms with Gasteiger partial charge in [-0.15, -0.1) is 0 Å². The van der Waals surface area contributed by atoms with Crippen molar-refractivity contribution in [2.24, 2.45) is 0 Å². The van der Waals surface area contributed by atoms with Crippen LogP contribution in [0.4, 0.5) is 0 Å². The fourth-order valence-electron chi connectivity index (χ4n) is 2.67. The van der Waals surface area contributed by atoms with Crippen molar-refractivity contribution in [3.05, 3.63) is 0 Å². The maximum atomic E-state index is 9.13. The Kier molecular flexibility index (Phi) is 7.82. The molecular formula is C14H28O4. The molecule has 0 radical (unpaired) electrons. The van der Waals surface area contributed by atoms with Crippen LogP contribution in [0.1, 0.15) is 51.4 Å². The van der Waals surface area contributed by atoms with Crippen molar-refractivity contribution in [2.45, 2.75) is 75.8 Å². The zero-order chi connectivity index (χ0) is 13.4. The molecule has 18 heavy (non-hydrogen) atoms. The van der Waals surface area contributed by atoms with Crippen LogP contribution in [0.15, 0.2) is 0 Å². The van der Waals surface area contributed by atoms with Crippen LogP contribution in [0, 0.1) is 0 Å². The van der Waals surface area contributed by atoms with Gasteiger partial charge in [0.2, 0.25) is 0 Å². The molecule has 0 heterocycles. The largest absolute Gasteiger partial charge is 0.393 e. The second-order valence-corrected chi connectivity index (χ2v) is 5.36. The first kappa shape index (κ1) is 15.9. The molecule has 0 aromatic carbocycles. The molecule has 2 aliphatic carbocycles. The van der Waals surface area contributed by atoms with Crippen molar-refractivity contribution < 1.29 is 19.7 Å². The van der Waals surface area contributed by atoms with Gasteiger partial charge in [0.15, 0.2) is 0 Å². The highest BCUT2D eigenvalue weighted by Crippen LogP contribution is 2.20. The minimum Gasteiger partial charge on any atom is -0.393 e. The average Bonchev–Trinajstić information content (AvgIpc) is 2.39. The van der Waals surface area contributed by atoms with E-state index in [1.807, 2.05) is 0 Å². The first-order valence-corrected chi connectivity index (χ1v) is 7.07. The molecule has 108 valence electrons. The molecule has 0 amide bonds. The average molecular weight is 260 g/mol. The summed E-state index contributed by atoms with van der Waals surface area (Å²) >= 11 is 0. The van der Waals surface area contributed by atoms with Gasteiger partial charge in [0.25, 0.3) is 0 Å². The Bertz CT molecular complexity index is 188. The Balaban J connectivity index is 0.000000180. The van der Waals surface area contributed by atoms with Crippen molar-refractivity contribution in [2.75, 3.05) is 14.2 Å². The van der Waals surface area contributed by atoms with Gasteiger partial charge < -0.3 is 19.7 Å². The van der Waals surface area contributed by atoms with Gasteiger partial charge in [0.1, 0.15) is 0 Å². The van der Waals surface area contributed by atoms with Gasteiger partial charge >= 0.3 is 0 Å². The van der Waals surface area contributed by atoms with Crippen LogP contribution in [-0.2, 0) is 9.47 Å². The predicted molar refractivity (Wildman–Crippen MR) is 70.5 cm³/mol. The lowest BCUT2D eigenvalue weighted by molar-refractivity contribution is 0.0111. The number of hydrogen-bond donors (Lipinski definition) is 2. The lowest BCUT2D eigenvalue weighted by Gasteiger charge is -2.24. The van der Waals surface area contributed by atoms with Gasteiger partial charge in [-0.2, -0.15) is 0 Å². The van der Waals surface area contributed by atoms with Crippen molar-refractivity contribution in [3.63, 3.8) is 0 Å². The molecular weight excluding hydrogens is 232 g/mol. The standard InChI is InChI=1S/2C7H14O2/c2*1-9-7-4-2-3-6(8)5-7/h2*6-8H,2-5H2,1H3/t2*6-,7-/m10/s1. The number of methoxy groups -OCH3 is 2. The summed E-state index contributed by atoms with van der Waals surface area (Å²) in [5, 5.41) is 18.3. The summed E-state index contributed by atoms with van der Waals surface area (Å²) < 4.78 is 10.2. The Morgan fingerprint density at radius 2 is 1.11 bits per heavy atom. The van der Waals surface area contributed by atoms with Gasteiger partial charge in [-0.1, -0.05) is 0 Å². The molecule has 0 saturated heterocycles. The molecule has 0 spiro atoms. The molecule has 0 aliphatic heterocycles. The zero-order valence-corrected chi connectivity index (χ0v) is 11.7. The molecule has 0 aromatic heterocycles. The Morgan fingerprint density at radius 1 is 0.722 bits per heavy atom. The number of rotatable bonds is 2. The van der Waals surface area contributed by atoms with Crippen LogP contribution >= 0.6 is 0 Å². The van der Waals surface area contributed by atoms with E-state index in [0.717, 1.165) is 51.4 Å². The third-order valence-electron chi connectivity index (χ3n) is 3.86. The first-order chi connectivity index (χ1) is 8.65. The number of aliphatic hydroxyl groups excluding tert-OH is 2. The van der Waals surface area contributed by atoms with Crippen molar-refractivity contribution in [1.29, 1.82) is 0 Å². The maximum Gasteiger partial charge on any atom is 0.0596 e. The normalized spacial score (nSPS) is 36.7. The molecule has 0 unspecified atom stereocenters. The fraction of sp³-hybridized carbons (Fsp3) is 1.00. The second kappa shape index (κ2) is 8.86. The lowest BCUT2D eigenvalue weighted by Crippen LogP contribution is -2.24. The lowest BCUT2D eigenvalue weighted by atomic mass is 9.95. The molecule has 4 heteroatoms. The van der Waals surface area contributed by atoms with Crippen molar-refractivity contribution in [1.82, 2.24) is 0 Å². The summed E-state index contributed by atoms with van der Waals surface area (Å²) in [6.45, 7) is 0. The third kappa shape index (κ3) is 6.14. The smallest absolute Gasteiger partial charge is 0.0596 e. The van der Waals surface area contributed by atoms with Crippen LogP contribution in [0.3, 0.4) is 0 Å². The van der Waals surface area contributed by atoms with Gasteiger partial charge in [-0.05, 0) is 51.4 Å². The Hall–Kier alpha value is -0.160. The number of hydrogen-bond acceptors (Lipinski definition) is 4. The molecule has 2 fully saturated rings. The molecule has 2 saturated carbocycles. The highest BCUT2D eigenvalue weighted by molar-refractivity contribution is 4.72. The second-order valence-electron chi connectivity index (χ2n) is 5.36. The highest BCUT2D eigenvalue weighted by atomic mass is 16.5. The zero-order valence-electron chi connectivity index (χ0n) is 11.7. The summed E-state index contributed by atoms with van der Waals surface area (Å²) in [5.41, 5.74) is 0. The van der Waals surface area contributed by atoms with E-state index in [9.17, 15) is 0 Å². The van der Waals surface area contributed by atoms with Gasteiger partial charge in [-0.3, -0.25) is 0 Å². The van der Waals surface area contributed by atoms with Crippen LogP contribution in [0.5, 0.6) is 0 Å². The summed E-state index contributed by atoms with van der Waals surface area (Å²) in [4.78, 5) is 0. The molecule has 2 rings (SSSR count). The van der Waals surface area contributed by atoms with E-state index in [-0.39, 0.29) is 12.2 Å². The molecule has 2 N–H and O–H groups in total. The topological polar surface area (TPSA) is 58.9 Å². The summed E-state index contributed by atoms with van der Waals surface area (Å²) in [6, 6.07) is 0. The Labute approximate surface area is 110 Å². The van der Waals surface area contributed by atoms with E-state index < -0.39 is 0 Å². The van der Waals surface area contributed by atoms with Crippen LogP contribution in [0.2, 0.25) is 0 Å². The third-order valence-corrected chi connectivity index (χ3v) is 3.86. The molecule has 4 atom stereocenters. The van der Waals surface area contributed by atoms with E-state index in [1.165, 1.54) is 0 Å². The number of aliphatic hydroxyl groups is 2. The molecule has 0 bridgehead atoms. The minimum atomic E-state index is -0.108. The molecule has 4 nitrogen and oxygen atoms in total. The van der Waals surface area contributed by atoms with Crippen molar-refractivity contribution in [3.8, 4) is 0 Å². The Morgan fingerprint density at radius 3 is 1.33 bits per heavy atom. The maximum absolute atomic E-state index is 9.13. The van der Waals surface area contributed by atoms with Gasteiger partial charge in [0, 0.05) is 14.2 Å².